The Morgan fingerprint density at radius 1 is 1.77 bits per heavy atom. The molecule has 0 fully saturated rings. The van der Waals surface area contributed by atoms with Crippen molar-refractivity contribution in [2.45, 2.75) is 6.92 Å². The zero-order valence-electron chi connectivity index (χ0n) is 7.48. The molecule has 0 aliphatic heterocycles. The highest BCUT2D eigenvalue weighted by atomic mass is 16.2. The van der Waals surface area contributed by atoms with Gasteiger partial charge in [-0.1, -0.05) is 0 Å². The highest BCUT2D eigenvalue weighted by molar-refractivity contribution is 5.97. The number of carbonyl (C=O) groups excluding carboxylic acids is 1. The van der Waals surface area contributed by atoms with Gasteiger partial charge in [0, 0.05) is 13.2 Å². The average Bonchev–Trinajstić information content (AvgIpc) is 2.47. The molecule has 1 aromatic heterocycles. The second-order valence-corrected chi connectivity index (χ2v) is 2.51. The number of nitrogens with one attached hydrogen (secondary N) is 1. The van der Waals surface area contributed by atoms with Gasteiger partial charge in [0.2, 0.25) is 0 Å². The molecule has 1 rings (SSSR count). The quantitative estimate of drug-likeness (QED) is 0.489. The Balaban J connectivity index is 2.78. The van der Waals surface area contributed by atoms with E-state index in [-0.39, 0.29) is 0 Å². The maximum atomic E-state index is 10.3. The first-order chi connectivity index (χ1) is 6.11. The number of amides is 2. The summed E-state index contributed by atoms with van der Waals surface area (Å²) in [6.07, 6.45) is 1.65. The van der Waals surface area contributed by atoms with Crippen LogP contribution in [-0.2, 0) is 7.05 Å². The van der Waals surface area contributed by atoms with Gasteiger partial charge in [0.1, 0.15) is 0 Å². The first kappa shape index (κ1) is 9.24. The van der Waals surface area contributed by atoms with Gasteiger partial charge >= 0.3 is 6.03 Å². The van der Waals surface area contributed by atoms with Crippen molar-refractivity contribution in [2.24, 2.45) is 17.9 Å². The Bertz CT molecular complexity index is 340. The van der Waals surface area contributed by atoms with Gasteiger partial charge in [-0.05, 0) is 13.0 Å². The van der Waals surface area contributed by atoms with Crippen LogP contribution in [-0.4, -0.2) is 21.5 Å². The van der Waals surface area contributed by atoms with Crippen molar-refractivity contribution in [3.05, 3.63) is 18.0 Å². The molecule has 0 saturated carbocycles. The largest absolute Gasteiger partial charge is 0.350 e. The van der Waals surface area contributed by atoms with Crippen molar-refractivity contribution < 1.29 is 4.79 Å². The van der Waals surface area contributed by atoms with Crippen molar-refractivity contribution >= 4 is 11.7 Å². The minimum absolute atomic E-state index is 0.652. The predicted octanol–water partition coefficient (Wildman–Crippen LogP) is -0.188. The topological polar surface area (TPSA) is 85.3 Å². The Morgan fingerprint density at radius 2 is 2.46 bits per heavy atom. The zero-order chi connectivity index (χ0) is 9.84. The fourth-order valence-electron chi connectivity index (χ4n) is 0.925. The molecule has 0 aromatic carbocycles. The van der Waals surface area contributed by atoms with Crippen molar-refractivity contribution in [1.82, 2.24) is 15.2 Å². The number of aromatic nitrogens is 2. The number of nitrogens with two attached hydrogens (primary N) is 1. The molecule has 0 unspecified atom stereocenters. The van der Waals surface area contributed by atoms with Gasteiger partial charge in [0.15, 0.2) is 0 Å². The molecule has 13 heavy (non-hydrogen) atoms. The molecule has 1 heterocycles. The lowest BCUT2D eigenvalue weighted by Crippen LogP contribution is -2.25. The van der Waals surface area contributed by atoms with Gasteiger partial charge in [-0.15, -0.1) is 0 Å². The summed E-state index contributed by atoms with van der Waals surface area (Å²) in [5.41, 5.74) is 8.48. The number of carbonyl (C=O) groups is 1. The molecule has 0 atom stereocenters. The van der Waals surface area contributed by atoms with E-state index in [4.69, 9.17) is 5.73 Å². The van der Waals surface area contributed by atoms with E-state index in [0.29, 0.717) is 5.71 Å². The summed E-state index contributed by atoms with van der Waals surface area (Å²) in [6, 6.07) is 1.11. The zero-order valence-corrected chi connectivity index (χ0v) is 7.48. The second kappa shape index (κ2) is 3.70. The standard InChI is InChI=1S/C7H11N5O/c1-5(10-11-7(8)13)6-3-4-9-12(6)2/h3-4H,1-2H3,(H3,8,11,13). The normalized spacial score (nSPS) is 11.4. The molecule has 0 aliphatic rings. The van der Waals surface area contributed by atoms with Gasteiger partial charge in [0.25, 0.3) is 0 Å². The maximum Gasteiger partial charge on any atom is 0.332 e. The first-order valence-corrected chi connectivity index (χ1v) is 3.69. The van der Waals surface area contributed by atoms with E-state index >= 15 is 0 Å². The van der Waals surface area contributed by atoms with Crippen LogP contribution in [0.25, 0.3) is 0 Å². The molecular weight excluding hydrogens is 170 g/mol. The highest BCUT2D eigenvalue weighted by Gasteiger charge is 2.01. The summed E-state index contributed by atoms with van der Waals surface area (Å²) in [6.45, 7) is 1.76. The van der Waals surface area contributed by atoms with Crippen LogP contribution < -0.4 is 11.2 Å². The Morgan fingerprint density at radius 3 is 2.92 bits per heavy atom. The van der Waals surface area contributed by atoms with Crippen LogP contribution in [0.15, 0.2) is 17.4 Å². The third-order valence-electron chi connectivity index (χ3n) is 1.53. The third kappa shape index (κ3) is 2.29. The number of rotatable bonds is 2. The number of hydrogen-bond acceptors (Lipinski definition) is 3. The lowest BCUT2D eigenvalue weighted by molar-refractivity contribution is 0.249. The monoisotopic (exact) mass is 181 g/mol. The summed E-state index contributed by atoms with van der Waals surface area (Å²) in [5, 5.41) is 7.71. The van der Waals surface area contributed by atoms with E-state index in [1.807, 2.05) is 0 Å². The molecule has 70 valence electrons. The summed E-state index contributed by atoms with van der Waals surface area (Å²) in [7, 11) is 1.79. The van der Waals surface area contributed by atoms with Crippen LogP contribution in [0.5, 0.6) is 0 Å². The number of nitrogens with zero attached hydrogens (tertiary/aromatic N) is 3. The van der Waals surface area contributed by atoms with Crippen molar-refractivity contribution in [1.29, 1.82) is 0 Å². The second-order valence-electron chi connectivity index (χ2n) is 2.51. The van der Waals surface area contributed by atoms with Crippen molar-refractivity contribution in [3.8, 4) is 0 Å². The van der Waals surface area contributed by atoms with Gasteiger partial charge in [-0.25, -0.2) is 10.2 Å². The number of hydrogen-bond donors (Lipinski definition) is 2. The fourth-order valence-corrected chi connectivity index (χ4v) is 0.925. The van der Waals surface area contributed by atoms with E-state index in [1.165, 1.54) is 0 Å². The first-order valence-electron chi connectivity index (χ1n) is 3.69. The minimum atomic E-state index is -0.679. The minimum Gasteiger partial charge on any atom is -0.350 e. The van der Waals surface area contributed by atoms with Crippen LogP contribution in [0.3, 0.4) is 0 Å². The van der Waals surface area contributed by atoms with E-state index in [1.54, 1.807) is 30.9 Å². The number of primary amides is 1. The SMILES string of the molecule is CC(=NNC(N)=O)c1ccnn1C. The van der Waals surface area contributed by atoms with Crippen molar-refractivity contribution in [3.63, 3.8) is 0 Å². The predicted molar refractivity (Wildman–Crippen MR) is 48.1 cm³/mol. The summed E-state index contributed by atoms with van der Waals surface area (Å²) in [5.74, 6) is 0. The molecule has 6 nitrogen and oxygen atoms in total. The molecular formula is C7H11N5O. The summed E-state index contributed by atoms with van der Waals surface area (Å²) < 4.78 is 1.65. The van der Waals surface area contributed by atoms with Crippen LogP contribution >= 0.6 is 0 Å². The molecule has 1 aromatic rings. The third-order valence-corrected chi connectivity index (χ3v) is 1.53. The number of urea groups is 1. The van der Waals surface area contributed by atoms with E-state index in [2.05, 4.69) is 15.6 Å². The molecule has 6 heteroatoms. The van der Waals surface area contributed by atoms with Gasteiger partial charge in [-0.3, -0.25) is 4.68 Å². The van der Waals surface area contributed by atoms with Crippen LogP contribution in [0, 0.1) is 0 Å². The summed E-state index contributed by atoms with van der Waals surface area (Å²) >= 11 is 0. The summed E-state index contributed by atoms with van der Waals surface area (Å²) in [4.78, 5) is 10.3. The molecule has 0 bridgehead atoms. The Labute approximate surface area is 75.4 Å². The smallest absolute Gasteiger partial charge is 0.332 e. The number of aryl methyl sites for hydroxylation is 1. The molecule has 0 saturated heterocycles. The molecule has 2 amide bonds. The van der Waals surface area contributed by atoms with E-state index < -0.39 is 6.03 Å². The highest BCUT2D eigenvalue weighted by Crippen LogP contribution is 1.97. The van der Waals surface area contributed by atoms with E-state index in [9.17, 15) is 4.79 Å². The van der Waals surface area contributed by atoms with Crippen LogP contribution in [0.4, 0.5) is 4.79 Å². The fraction of sp³-hybridized carbons (Fsp3) is 0.286. The Hall–Kier alpha value is -1.85. The molecule has 0 spiro atoms. The van der Waals surface area contributed by atoms with Gasteiger partial charge in [0.05, 0.1) is 11.4 Å². The van der Waals surface area contributed by atoms with Crippen molar-refractivity contribution in [2.75, 3.05) is 0 Å². The molecule has 3 N–H and O–H groups in total. The van der Waals surface area contributed by atoms with Gasteiger partial charge < -0.3 is 5.73 Å². The lowest BCUT2D eigenvalue weighted by Gasteiger charge is -2.00. The Kier molecular flexibility index (Phi) is 2.63. The number of hydrazone groups is 1. The van der Waals surface area contributed by atoms with E-state index in [0.717, 1.165) is 5.69 Å². The van der Waals surface area contributed by atoms with Gasteiger partial charge in [-0.2, -0.15) is 10.2 Å². The molecule has 0 aliphatic carbocycles. The van der Waals surface area contributed by atoms with Crippen LogP contribution in [0.2, 0.25) is 0 Å². The molecule has 0 radical (unpaired) electrons. The maximum absolute atomic E-state index is 10.3. The average molecular weight is 181 g/mol. The van der Waals surface area contributed by atoms with Crippen LogP contribution in [0.1, 0.15) is 12.6 Å². The lowest BCUT2D eigenvalue weighted by atomic mass is 10.3.